The van der Waals surface area contributed by atoms with Gasteiger partial charge in [-0.15, -0.1) is 0 Å². The lowest BCUT2D eigenvalue weighted by atomic mass is 9.81. The number of hydrogen-bond donors (Lipinski definition) is 5. The quantitative estimate of drug-likeness (QED) is 0.0502. The van der Waals surface area contributed by atoms with Crippen LogP contribution < -0.4 is 21.3 Å². The summed E-state index contributed by atoms with van der Waals surface area (Å²) in [5.74, 6) is -0.876. The zero-order valence-corrected chi connectivity index (χ0v) is 39.7. The number of rotatable bonds is 17. The molecule has 3 fully saturated rings. The first-order valence-corrected chi connectivity index (χ1v) is 22.2. The Bertz CT molecular complexity index is 1030. The number of piperidine rings is 1. The molecule has 0 aromatic carbocycles. The van der Waals surface area contributed by atoms with E-state index in [0.29, 0.717) is 37.2 Å². The lowest BCUT2D eigenvalue weighted by Crippen LogP contribution is -2.51. The van der Waals surface area contributed by atoms with Crippen LogP contribution in [0.4, 0.5) is 0 Å². The highest BCUT2D eigenvalue weighted by molar-refractivity contribution is 7.79. The first-order chi connectivity index (χ1) is 27.0. The Morgan fingerprint density at radius 2 is 1.47 bits per heavy atom. The van der Waals surface area contributed by atoms with Gasteiger partial charge < -0.3 is 35.8 Å². The van der Waals surface area contributed by atoms with E-state index in [4.69, 9.17) is 4.74 Å². The molecule has 57 heavy (non-hydrogen) atoms. The third-order valence-electron chi connectivity index (χ3n) is 9.01. The molecule has 2 heterocycles. The molecule has 3 aliphatic rings. The van der Waals surface area contributed by atoms with Gasteiger partial charge in [-0.1, -0.05) is 101 Å². The van der Waals surface area contributed by atoms with Crippen LogP contribution in [0.5, 0.6) is 0 Å². The second kappa shape index (κ2) is 38.8. The topological polar surface area (TPSA) is 166 Å². The number of carbonyl (C=O) groups is 6. The van der Waals surface area contributed by atoms with Gasteiger partial charge in [-0.05, 0) is 69.6 Å². The maximum atomic E-state index is 12.1. The van der Waals surface area contributed by atoms with Crippen LogP contribution in [0.15, 0.2) is 0 Å². The lowest BCUT2D eigenvalue weighted by molar-refractivity contribution is -0.138. The molecule has 338 valence electrons. The average molecular weight is 833 g/mol. The van der Waals surface area contributed by atoms with Gasteiger partial charge in [-0.25, -0.2) is 0 Å². The lowest BCUT2D eigenvalue weighted by Gasteiger charge is -2.40. The molecule has 0 spiro atoms. The Morgan fingerprint density at radius 3 is 1.89 bits per heavy atom. The number of carbonyl (C=O) groups excluding carboxylic acids is 6. The summed E-state index contributed by atoms with van der Waals surface area (Å²) in [5.41, 5.74) is 0.368. The van der Waals surface area contributed by atoms with Gasteiger partial charge >= 0.3 is 0 Å². The summed E-state index contributed by atoms with van der Waals surface area (Å²) in [6.45, 7) is 26.9. The van der Waals surface area contributed by atoms with Gasteiger partial charge in [0.2, 0.25) is 30.4 Å². The number of hydrogen-bond acceptors (Lipinski definition) is 9. The predicted molar refractivity (Wildman–Crippen MR) is 239 cm³/mol. The summed E-state index contributed by atoms with van der Waals surface area (Å²) < 4.78 is 4.92. The van der Waals surface area contributed by atoms with Crippen LogP contribution >= 0.6 is 12.6 Å². The Morgan fingerprint density at radius 1 is 0.930 bits per heavy atom. The molecule has 1 aliphatic carbocycles. The maximum Gasteiger partial charge on any atom is 0.289 e. The van der Waals surface area contributed by atoms with Gasteiger partial charge in [0.25, 0.3) is 5.91 Å². The van der Waals surface area contributed by atoms with Crippen molar-refractivity contribution in [2.45, 2.75) is 171 Å². The number of ether oxygens (including phenoxy) is 1. The number of likely N-dealkylation sites (N-methyl/N-ethyl adjacent to an activating group) is 1. The first kappa shape index (κ1) is 61.0. The van der Waals surface area contributed by atoms with Crippen molar-refractivity contribution in [3.8, 4) is 0 Å². The second-order valence-corrected chi connectivity index (χ2v) is 16.0. The molecule has 1 saturated carbocycles. The number of Topliss-reactive ketones (excluding diaryl/α,β-unsaturated/α-hetero) is 1. The summed E-state index contributed by atoms with van der Waals surface area (Å²) in [7, 11) is 3.74. The van der Waals surface area contributed by atoms with Crippen molar-refractivity contribution in [1.29, 1.82) is 0 Å². The number of thiol groups is 1. The standard InChI is InChI=1S/C14H28N2O.C8H14N2O2.C8H18O.C7H10N2O3.C3H8.C2H6.CH4S/c1-13(2,3)11(15-6)10-16-8-7-14(4,5)9-12(16)17;1-7-3-2-4-10(7)8(12)5-9-6-11;1-3-4-5-6-7-8-9-2;10-4-8-3-6(11)7(12)9-5-1-2-5;1-3-2;2*1-2/h11,15H,7-10H2,1-6H3;6-7H,2-5H2,1H3,(H,9,11);3-8H2,1-2H3;4-5H,1-3H2,(H,8,10)(H,9,12);3H2,1-2H3;1-2H3;2H,1H3. The minimum Gasteiger partial charge on any atom is -0.385 e. The van der Waals surface area contributed by atoms with Crippen molar-refractivity contribution >= 4 is 49.0 Å². The van der Waals surface area contributed by atoms with Gasteiger partial charge in [-0.2, -0.15) is 12.6 Å². The van der Waals surface area contributed by atoms with E-state index in [1.165, 1.54) is 38.5 Å². The molecular formula is C43H88N6O7S. The van der Waals surface area contributed by atoms with Gasteiger partial charge in [-0.3, -0.25) is 28.8 Å². The third kappa shape index (κ3) is 35.0. The van der Waals surface area contributed by atoms with Crippen LogP contribution in [0.1, 0.15) is 153 Å². The van der Waals surface area contributed by atoms with Crippen molar-refractivity contribution in [1.82, 2.24) is 31.1 Å². The van der Waals surface area contributed by atoms with Crippen LogP contribution in [0.25, 0.3) is 0 Å². The number of amides is 5. The van der Waals surface area contributed by atoms with E-state index in [1.807, 2.05) is 37.6 Å². The monoisotopic (exact) mass is 833 g/mol. The molecule has 14 heteroatoms. The largest absolute Gasteiger partial charge is 0.385 e. The van der Waals surface area contributed by atoms with Gasteiger partial charge in [0.15, 0.2) is 0 Å². The fourth-order valence-corrected chi connectivity index (χ4v) is 5.48. The van der Waals surface area contributed by atoms with E-state index in [9.17, 15) is 28.8 Å². The average Bonchev–Trinajstić information content (AvgIpc) is 3.89. The normalized spacial score (nSPS) is 16.8. The van der Waals surface area contributed by atoms with Crippen molar-refractivity contribution < 1.29 is 33.5 Å². The highest BCUT2D eigenvalue weighted by Gasteiger charge is 2.34. The molecule has 2 atom stereocenters. The molecule has 2 saturated heterocycles. The highest BCUT2D eigenvalue weighted by Crippen LogP contribution is 2.31. The fraction of sp³-hybridized carbons (Fsp3) is 0.860. The number of nitrogens with one attached hydrogen (secondary N) is 4. The van der Waals surface area contributed by atoms with Crippen LogP contribution in [0.3, 0.4) is 0 Å². The van der Waals surface area contributed by atoms with Crippen molar-refractivity contribution in [2.24, 2.45) is 10.8 Å². The zero-order valence-electron chi connectivity index (χ0n) is 38.8. The minimum absolute atomic E-state index is 0.0205. The molecule has 0 bridgehead atoms. The molecule has 13 nitrogen and oxygen atoms in total. The number of likely N-dealkylation sites (tertiary alicyclic amines) is 2. The van der Waals surface area contributed by atoms with Crippen molar-refractivity contribution in [2.75, 3.05) is 59.7 Å². The van der Waals surface area contributed by atoms with E-state index in [1.54, 1.807) is 13.4 Å². The van der Waals surface area contributed by atoms with Crippen LogP contribution in [0, 0.1) is 10.8 Å². The number of unbranched alkanes of at least 4 members (excludes halogenated alkanes) is 4. The van der Waals surface area contributed by atoms with Crippen LogP contribution in [0.2, 0.25) is 0 Å². The van der Waals surface area contributed by atoms with Gasteiger partial charge in [0.1, 0.15) is 0 Å². The first-order valence-electron chi connectivity index (χ1n) is 21.3. The molecule has 2 unspecified atom stereocenters. The van der Waals surface area contributed by atoms with E-state index < -0.39 is 11.7 Å². The van der Waals surface area contributed by atoms with Crippen LogP contribution in [-0.2, 0) is 33.5 Å². The Labute approximate surface area is 354 Å². The molecule has 0 aromatic rings. The Balaban J connectivity index is -0.000000318. The summed E-state index contributed by atoms with van der Waals surface area (Å²) in [6, 6.07) is 0.872. The second-order valence-electron chi connectivity index (χ2n) is 16.0. The molecule has 0 radical (unpaired) electrons. The SMILES string of the molecule is CC.CC1CCCN1C(=O)CNC=O.CCC.CCCCCCCOC.CNC(CN1CCC(C)(C)CC1=O)C(C)(C)C.CS.O=CNCC(=O)C(=O)NC1CC1. The summed E-state index contributed by atoms with van der Waals surface area (Å²) in [4.78, 5) is 68.7. The highest BCUT2D eigenvalue weighted by atomic mass is 32.1. The number of ketones is 1. The molecule has 3 rings (SSSR count). The van der Waals surface area contributed by atoms with Crippen molar-refractivity contribution in [3.63, 3.8) is 0 Å². The number of nitrogens with zero attached hydrogens (tertiary/aromatic N) is 2. The van der Waals surface area contributed by atoms with E-state index in [0.717, 1.165) is 58.3 Å². The minimum atomic E-state index is -0.605. The Kier molecular flexibility index (Phi) is 41.5. The van der Waals surface area contributed by atoms with Gasteiger partial charge in [0.05, 0.1) is 13.1 Å². The fourth-order valence-electron chi connectivity index (χ4n) is 5.48. The smallest absolute Gasteiger partial charge is 0.289 e. The van der Waals surface area contributed by atoms with Crippen molar-refractivity contribution in [3.05, 3.63) is 0 Å². The molecule has 0 aromatic heterocycles. The van der Waals surface area contributed by atoms with Crippen LogP contribution in [-0.4, -0.2) is 124 Å². The summed E-state index contributed by atoms with van der Waals surface area (Å²) >= 11 is 3.53. The Hall–Kier alpha value is -2.71. The molecule has 5 amide bonds. The zero-order chi connectivity index (χ0) is 44.9. The number of methoxy groups -OCH3 is 1. The van der Waals surface area contributed by atoms with E-state index in [-0.39, 0.29) is 35.9 Å². The maximum absolute atomic E-state index is 12.1. The van der Waals surface area contributed by atoms with Gasteiger partial charge in [0, 0.05) is 57.9 Å². The van der Waals surface area contributed by atoms with E-state index in [2.05, 4.69) is 89.3 Å². The van der Waals surface area contributed by atoms with E-state index >= 15 is 0 Å². The molecular weight excluding hydrogens is 745 g/mol. The molecule has 2 aliphatic heterocycles. The summed E-state index contributed by atoms with van der Waals surface area (Å²) in [6.07, 6.45) is 16.4. The molecule has 4 N–H and O–H groups in total. The summed E-state index contributed by atoms with van der Waals surface area (Å²) in [5, 5.41) is 10.4. The predicted octanol–water partition coefficient (Wildman–Crippen LogP) is 6.18. The third-order valence-corrected chi connectivity index (χ3v) is 9.01.